The van der Waals surface area contributed by atoms with Crippen LogP contribution < -0.4 is 10.6 Å². The van der Waals surface area contributed by atoms with Gasteiger partial charge in [0, 0.05) is 11.4 Å². The number of hydrogen-bond donors (Lipinski definition) is 4. The predicted octanol–water partition coefficient (Wildman–Crippen LogP) is 1.75. The summed E-state index contributed by atoms with van der Waals surface area (Å²) in [7, 11) is 0. The number of carboxylic acid groups (broad SMARTS) is 1. The van der Waals surface area contributed by atoms with E-state index in [1.165, 1.54) is 12.5 Å². The Morgan fingerprint density at radius 2 is 1.72 bits per heavy atom. The number of aromatic nitrogens is 2. The maximum absolute atomic E-state index is 11.6. The average molecular weight is 246 g/mol. The van der Waals surface area contributed by atoms with Crippen molar-refractivity contribution in [3.05, 3.63) is 42.5 Å². The molecule has 7 heteroatoms. The molecule has 0 aliphatic carbocycles. The van der Waals surface area contributed by atoms with Crippen LogP contribution >= 0.6 is 0 Å². The third kappa shape index (κ3) is 2.85. The first-order valence-electron chi connectivity index (χ1n) is 5.05. The van der Waals surface area contributed by atoms with Crippen molar-refractivity contribution in [3.63, 3.8) is 0 Å². The topological polar surface area (TPSA) is 107 Å². The Bertz CT molecular complexity index is 548. The van der Waals surface area contributed by atoms with E-state index in [0.717, 1.165) is 0 Å². The summed E-state index contributed by atoms with van der Waals surface area (Å²) in [4.78, 5) is 28.5. The fraction of sp³-hybridized carbons (Fsp3) is 0. The number of aromatic amines is 1. The van der Waals surface area contributed by atoms with Gasteiger partial charge in [0.1, 0.15) is 5.69 Å². The third-order valence-electron chi connectivity index (χ3n) is 2.14. The van der Waals surface area contributed by atoms with E-state index in [1.54, 1.807) is 24.3 Å². The van der Waals surface area contributed by atoms with Crippen molar-refractivity contribution < 1.29 is 14.7 Å². The van der Waals surface area contributed by atoms with Gasteiger partial charge in [-0.05, 0) is 24.3 Å². The minimum absolute atomic E-state index is 0.313. The van der Waals surface area contributed by atoms with Crippen LogP contribution in [-0.2, 0) is 0 Å². The van der Waals surface area contributed by atoms with Gasteiger partial charge in [-0.2, -0.15) is 0 Å². The molecule has 1 heterocycles. The first kappa shape index (κ1) is 11.6. The first-order valence-corrected chi connectivity index (χ1v) is 5.05. The Hall–Kier alpha value is -2.83. The molecule has 4 N–H and O–H groups in total. The van der Waals surface area contributed by atoms with Crippen molar-refractivity contribution in [3.8, 4) is 0 Å². The Kier molecular flexibility index (Phi) is 3.24. The largest absolute Gasteiger partial charge is 0.465 e. The number of nitrogens with one attached hydrogen (secondary N) is 3. The zero-order valence-electron chi connectivity index (χ0n) is 9.18. The number of carbonyl (C=O) groups excluding carboxylic acids is 1. The quantitative estimate of drug-likeness (QED) is 0.661. The summed E-state index contributed by atoms with van der Waals surface area (Å²) < 4.78 is 0. The Morgan fingerprint density at radius 3 is 2.22 bits per heavy atom. The number of amides is 2. The van der Waals surface area contributed by atoms with Crippen LogP contribution in [0.1, 0.15) is 10.5 Å². The van der Waals surface area contributed by atoms with Crippen molar-refractivity contribution in [2.45, 2.75) is 0 Å². The van der Waals surface area contributed by atoms with Crippen molar-refractivity contribution in [2.75, 3.05) is 10.6 Å². The second-order valence-electron chi connectivity index (χ2n) is 3.43. The van der Waals surface area contributed by atoms with Crippen molar-refractivity contribution in [2.24, 2.45) is 0 Å². The summed E-state index contributed by atoms with van der Waals surface area (Å²) in [6.45, 7) is 0. The van der Waals surface area contributed by atoms with Crippen LogP contribution in [0.4, 0.5) is 16.2 Å². The lowest BCUT2D eigenvalue weighted by Gasteiger charge is -2.05. The molecule has 1 aromatic heterocycles. The second-order valence-corrected chi connectivity index (χ2v) is 3.43. The maximum atomic E-state index is 11.6. The van der Waals surface area contributed by atoms with Crippen LogP contribution in [0, 0.1) is 0 Å². The number of carbonyl (C=O) groups is 2. The lowest BCUT2D eigenvalue weighted by atomic mass is 10.2. The zero-order valence-corrected chi connectivity index (χ0v) is 9.18. The second kappa shape index (κ2) is 5.00. The van der Waals surface area contributed by atoms with E-state index < -0.39 is 6.09 Å². The monoisotopic (exact) mass is 246 g/mol. The fourth-order valence-corrected chi connectivity index (χ4v) is 1.34. The van der Waals surface area contributed by atoms with Gasteiger partial charge >= 0.3 is 6.09 Å². The van der Waals surface area contributed by atoms with Crippen LogP contribution in [0.3, 0.4) is 0 Å². The van der Waals surface area contributed by atoms with Crippen LogP contribution in [0.15, 0.2) is 36.8 Å². The van der Waals surface area contributed by atoms with Gasteiger partial charge in [-0.25, -0.2) is 9.78 Å². The fourth-order valence-electron chi connectivity index (χ4n) is 1.34. The molecule has 0 aliphatic heterocycles. The van der Waals surface area contributed by atoms with Gasteiger partial charge in [-0.3, -0.25) is 10.1 Å². The molecule has 0 saturated heterocycles. The van der Waals surface area contributed by atoms with Gasteiger partial charge in [0.05, 0.1) is 12.5 Å². The van der Waals surface area contributed by atoms with Crippen LogP contribution in [0.2, 0.25) is 0 Å². The van der Waals surface area contributed by atoms with E-state index in [2.05, 4.69) is 20.6 Å². The highest BCUT2D eigenvalue weighted by atomic mass is 16.4. The number of benzene rings is 1. The van der Waals surface area contributed by atoms with Crippen LogP contribution in [-0.4, -0.2) is 27.1 Å². The van der Waals surface area contributed by atoms with Crippen LogP contribution in [0.25, 0.3) is 0 Å². The number of hydrogen-bond acceptors (Lipinski definition) is 3. The SMILES string of the molecule is O=C(O)Nc1ccc(NC(=O)c2cnc[nH]2)cc1. The molecule has 1 aromatic carbocycles. The minimum atomic E-state index is -1.13. The van der Waals surface area contributed by atoms with Crippen molar-refractivity contribution in [1.82, 2.24) is 9.97 Å². The van der Waals surface area contributed by atoms with Crippen molar-refractivity contribution in [1.29, 1.82) is 0 Å². The van der Waals surface area contributed by atoms with E-state index in [-0.39, 0.29) is 5.91 Å². The highest BCUT2D eigenvalue weighted by molar-refractivity contribution is 6.02. The maximum Gasteiger partial charge on any atom is 0.409 e. The lowest BCUT2D eigenvalue weighted by Crippen LogP contribution is -2.12. The number of anilines is 2. The summed E-state index contributed by atoms with van der Waals surface area (Å²) in [5, 5.41) is 13.4. The average Bonchev–Trinajstić information content (AvgIpc) is 2.84. The Morgan fingerprint density at radius 1 is 1.11 bits per heavy atom. The highest BCUT2D eigenvalue weighted by Gasteiger charge is 2.06. The van der Waals surface area contributed by atoms with Crippen LogP contribution in [0.5, 0.6) is 0 Å². The van der Waals surface area contributed by atoms with Gasteiger partial charge in [0.15, 0.2) is 0 Å². The normalized spacial score (nSPS) is 9.78. The van der Waals surface area contributed by atoms with Gasteiger partial charge in [0.2, 0.25) is 0 Å². The summed E-state index contributed by atoms with van der Waals surface area (Å²) in [5.41, 5.74) is 1.34. The van der Waals surface area contributed by atoms with E-state index in [9.17, 15) is 9.59 Å². The number of rotatable bonds is 3. The summed E-state index contributed by atoms with van der Waals surface area (Å²) in [6, 6.07) is 6.30. The van der Waals surface area contributed by atoms with E-state index in [0.29, 0.717) is 17.1 Å². The summed E-state index contributed by atoms with van der Waals surface area (Å²) in [5.74, 6) is -0.313. The molecule has 0 radical (unpaired) electrons. The summed E-state index contributed by atoms with van der Waals surface area (Å²) >= 11 is 0. The smallest absolute Gasteiger partial charge is 0.409 e. The van der Waals surface area contributed by atoms with Gasteiger partial charge < -0.3 is 15.4 Å². The van der Waals surface area contributed by atoms with E-state index in [4.69, 9.17) is 5.11 Å². The molecule has 2 rings (SSSR count). The van der Waals surface area contributed by atoms with Gasteiger partial charge in [-0.15, -0.1) is 0 Å². The standard InChI is InChI=1S/C11H10N4O3/c16-10(9-5-12-6-13-9)14-7-1-3-8(4-2-7)15-11(17)18/h1-6,15H,(H,12,13)(H,14,16)(H,17,18). The Labute approximate surface area is 102 Å². The molecule has 0 spiro atoms. The molecule has 92 valence electrons. The molecular weight excluding hydrogens is 236 g/mol. The molecule has 0 unspecified atom stereocenters. The Balaban J connectivity index is 2.02. The molecule has 0 atom stereocenters. The highest BCUT2D eigenvalue weighted by Crippen LogP contribution is 2.14. The molecular formula is C11H10N4O3. The molecule has 0 aliphatic rings. The van der Waals surface area contributed by atoms with E-state index >= 15 is 0 Å². The predicted molar refractivity (Wildman–Crippen MR) is 64.6 cm³/mol. The number of H-pyrrole nitrogens is 1. The van der Waals surface area contributed by atoms with Gasteiger partial charge in [0.25, 0.3) is 5.91 Å². The molecule has 2 amide bonds. The van der Waals surface area contributed by atoms with E-state index in [1.807, 2.05) is 0 Å². The summed E-state index contributed by atoms with van der Waals surface area (Å²) in [6.07, 6.45) is 1.69. The van der Waals surface area contributed by atoms with Gasteiger partial charge in [-0.1, -0.05) is 0 Å². The first-order chi connectivity index (χ1) is 8.65. The number of imidazole rings is 1. The molecule has 0 bridgehead atoms. The zero-order chi connectivity index (χ0) is 13.0. The third-order valence-corrected chi connectivity index (χ3v) is 2.14. The number of nitrogens with zero attached hydrogens (tertiary/aromatic N) is 1. The molecule has 18 heavy (non-hydrogen) atoms. The molecule has 0 saturated carbocycles. The lowest BCUT2D eigenvalue weighted by molar-refractivity contribution is 0.102. The molecule has 0 fully saturated rings. The molecule has 7 nitrogen and oxygen atoms in total. The molecule has 2 aromatic rings. The minimum Gasteiger partial charge on any atom is -0.465 e. The van der Waals surface area contributed by atoms with Crippen molar-refractivity contribution >= 4 is 23.4 Å².